The van der Waals surface area contributed by atoms with Crippen LogP contribution in [-0.2, 0) is 19.3 Å². The van der Waals surface area contributed by atoms with Gasteiger partial charge in [0.2, 0.25) is 0 Å². The lowest BCUT2D eigenvalue weighted by molar-refractivity contribution is 0.632. The highest BCUT2D eigenvalue weighted by atomic mass is 32.1. The average Bonchev–Trinajstić information content (AvgIpc) is 3.75. The summed E-state index contributed by atoms with van der Waals surface area (Å²) in [5, 5.41) is 0. The second-order valence-electron chi connectivity index (χ2n) is 11.2. The number of hydrogen-bond donors (Lipinski definition) is 0. The van der Waals surface area contributed by atoms with E-state index in [2.05, 4.69) is 75.4 Å². The maximum absolute atomic E-state index is 14.6. The van der Waals surface area contributed by atoms with E-state index in [1.165, 1.54) is 16.0 Å². The molecular weight excluding hydrogens is 607 g/mol. The zero-order valence-electron chi connectivity index (χ0n) is 26.9. The third kappa shape index (κ3) is 8.17. The van der Waals surface area contributed by atoms with Crippen LogP contribution in [0, 0.1) is 11.6 Å². The van der Waals surface area contributed by atoms with Gasteiger partial charge in [-0.05, 0) is 114 Å². The molecule has 0 saturated carbocycles. The van der Waals surface area contributed by atoms with Crippen LogP contribution in [0.1, 0.15) is 55.0 Å². The van der Waals surface area contributed by atoms with Crippen LogP contribution in [0.3, 0.4) is 0 Å². The van der Waals surface area contributed by atoms with E-state index in [9.17, 15) is 8.78 Å². The first kappa shape index (κ1) is 33.2. The van der Waals surface area contributed by atoms with E-state index in [1.54, 1.807) is 34.8 Å². The smallest absolute Gasteiger partial charge is 0.132 e. The van der Waals surface area contributed by atoms with Gasteiger partial charge in [-0.2, -0.15) is 0 Å². The normalized spacial score (nSPS) is 11.1. The van der Waals surface area contributed by atoms with Crippen molar-refractivity contribution in [1.82, 2.24) is 0 Å². The predicted octanol–water partition coefficient (Wildman–Crippen LogP) is 13.6. The van der Waals surface area contributed by atoms with E-state index in [0.29, 0.717) is 11.1 Å². The van der Waals surface area contributed by atoms with Crippen LogP contribution in [0.5, 0.6) is 0 Å². The van der Waals surface area contributed by atoms with E-state index >= 15 is 0 Å². The zero-order valence-corrected chi connectivity index (χ0v) is 28.6. The van der Waals surface area contributed by atoms with Crippen LogP contribution in [0.15, 0.2) is 115 Å². The monoisotopic (exact) mass is 646 g/mol. The molecule has 0 amide bonds. The highest BCUT2D eigenvalue weighted by Gasteiger charge is 2.11. The van der Waals surface area contributed by atoms with Crippen molar-refractivity contribution in [3.8, 4) is 43.1 Å². The molecule has 0 aliphatic carbocycles. The second kappa shape index (κ2) is 15.9. The quantitative estimate of drug-likeness (QED) is 0.147. The van der Waals surface area contributed by atoms with Crippen molar-refractivity contribution in [2.45, 2.75) is 53.4 Å². The van der Waals surface area contributed by atoms with E-state index < -0.39 is 0 Å². The topological polar surface area (TPSA) is 0 Å². The fraction of sp³-hybridized carbons (Fsp3) is 0.190. The lowest BCUT2D eigenvalue weighted by Crippen LogP contribution is -1.86. The summed E-state index contributed by atoms with van der Waals surface area (Å²) >= 11 is 3.30. The summed E-state index contributed by atoms with van der Waals surface area (Å²) in [6.07, 6.45) is 8.25. The minimum absolute atomic E-state index is 0.146. The van der Waals surface area contributed by atoms with Gasteiger partial charge in [0.1, 0.15) is 11.6 Å². The Morgan fingerprint density at radius 1 is 0.543 bits per heavy atom. The Balaban J connectivity index is 0.000000181. The molecule has 4 aromatic carbocycles. The number of aryl methyl sites for hydroxylation is 3. The summed E-state index contributed by atoms with van der Waals surface area (Å²) < 4.78 is 29.1. The van der Waals surface area contributed by atoms with Crippen LogP contribution in [-0.4, -0.2) is 0 Å². The second-order valence-corrected chi connectivity index (χ2v) is 13.5. The Kier molecular flexibility index (Phi) is 11.5. The number of halogens is 2. The summed E-state index contributed by atoms with van der Waals surface area (Å²) in [6, 6.07) is 35.9. The minimum Gasteiger partial charge on any atom is -0.206 e. The van der Waals surface area contributed by atoms with Crippen molar-refractivity contribution in [3.63, 3.8) is 0 Å². The van der Waals surface area contributed by atoms with Gasteiger partial charge in [-0.25, -0.2) is 8.78 Å². The maximum Gasteiger partial charge on any atom is 0.132 e. The van der Waals surface area contributed by atoms with E-state index in [-0.39, 0.29) is 11.6 Å². The molecule has 46 heavy (non-hydrogen) atoms. The predicted molar refractivity (Wildman–Crippen MR) is 198 cm³/mol. The van der Waals surface area contributed by atoms with Crippen molar-refractivity contribution in [2.75, 3.05) is 0 Å². The molecule has 0 atom stereocenters. The van der Waals surface area contributed by atoms with Gasteiger partial charge >= 0.3 is 0 Å². The molecule has 4 heteroatoms. The molecule has 2 heterocycles. The maximum atomic E-state index is 14.6. The number of benzene rings is 4. The molecule has 0 aliphatic heterocycles. The average molecular weight is 647 g/mol. The lowest BCUT2D eigenvalue weighted by Gasteiger charge is -2.06. The molecule has 0 aliphatic rings. The lowest BCUT2D eigenvalue weighted by atomic mass is 10.0. The van der Waals surface area contributed by atoms with Crippen LogP contribution >= 0.6 is 22.7 Å². The van der Waals surface area contributed by atoms with Crippen molar-refractivity contribution >= 4 is 28.7 Å². The summed E-state index contributed by atoms with van der Waals surface area (Å²) in [6.45, 7) is 8.42. The Bertz CT molecular complexity index is 1890. The summed E-state index contributed by atoms with van der Waals surface area (Å²) in [5.41, 5.74) is 7.91. The van der Waals surface area contributed by atoms with Crippen LogP contribution in [0.25, 0.3) is 49.2 Å². The summed E-state index contributed by atoms with van der Waals surface area (Å²) in [5.74, 6) is -0.317. The number of rotatable bonds is 9. The molecule has 0 bridgehead atoms. The van der Waals surface area contributed by atoms with E-state index in [0.717, 1.165) is 62.6 Å². The Hall–Kier alpha value is -4.12. The molecule has 0 fully saturated rings. The number of allylic oxidation sites excluding steroid dienone is 1. The van der Waals surface area contributed by atoms with Gasteiger partial charge in [0.25, 0.3) is 0 Å². The molecular formula is C42H40F2S2. The van der Waals surface area contributed by atoms with Crippen LogP contribution in [0.2, 0.25) is 0 Å². The molecule has 0 nitrogen and oxygen atoms in total. The first-order chi connectivity index (χ1) is 22.4. The molecule has 6 rings (SSSR count). The number of thiophene rings is 2. The summed E-state index contributed by atoms with van der Waals surface area (Å²) in [4.78, 5) is 4.43. The Labute approximate surface area is 280 Å². The van der Waals surface area contributed by atoms with Crippen molar-refractivity contribution < 1.29 is 8.78 Å². The van der Waals surface area contributed by atoms with Gasteiger partial charge in [0.15, 0.2) is 0 Å². The van der Waals surface area contributed by atoms with Gasteiger partial charge in [-0.3, -0.25) is 0 Å². The molecule has 2 aromatic heterocycles. The first-order valence-electron chi connectivity index (χ1n) is 16.0. The fourth-order valence-corrected chi connectivity index (χ4v) is 7.45. The van der Waals surface area contributed by atoms with Crippen LogP contribution in [0.4, 0.5) is 8.78 Å². The minimum atomic E-state index is -0.170. The van der Waals surface area contributed by atoms with Gasteiger partial charge in [-0.1, -0.05) is 93.9 Å². The van der Waals surface area contributed by atoms with Gasteiger partial charge in [0.05, 0.1) is 0 Å². The molecule has 0 unspecified atom stereocenters. The molecule has 234 valence electrons. The zero-order chi connectivity index (χ0) is 32.5. The largest absolute Gasteiger partial charge is 0.206 e. The molecule has 0 radical (unpaired) electrons. The number of hydrogen-bond acceptors (Lipinski definition) is 2. The third-order valence-electron chi connectivity index (χ3n) is 7.98. The molecule has 0 spiro atoms. The van der Waals surface area contributed by atoms with Gasteiger partial charge in [-0.15, -0.1) is 22.7 Å². The van der Waals surface area contributed by atoms with Crippen molar-refractivity contribution in [2.24, 2.45) is 0 Å². The highest BCUT2D eigenvalue weighted by molar-refractivity contribution is 7.16. The van der Waals surface area contributed by atoms with E-state index in [4.69, 9.17) is 0 Å². The third-order valence-corrected chi connectivity index (χ3v) is 10.2. The molecule has 0 saturated heterocycles. The van der Waals surface area contributed by atoms with Gasteiger partial charge in [0, 0.05) is 30.6 Å². The Morgan fingerprint density at radius 3 is 1.48 bits per heavy atom. The molecule has 0 N–H and O–H groups in total. The van der Waals surface area contributed by atoms with Gasteiger partial charge < -0.3 is 0 Å². The van der Waals surface area contributed by atoms with E-state index in [1.807, 2.05) is 61.5 Å². The van der Waals surface area contributed by atoms with Crippen LogP contribution < -0.4 is 0 Å². The van der Waals surface area contributed by atoms with Crippen molar-refractivity contribution in [3.05, 3.63) is 148 Å². The first-order valence-corrected chi connectivity index (χ1v) is 17.6. The highest BCUT2D eigenvalue weighted by Crippen LogP contribution is 2.34. The summed E-state index contributed by atoms with van der Waals surface area (Å²) in [7, 11) is 0. The SMILES string of the molecule is C/C=C/c1ccc(-c2ccc(-c3ccc(CC)cc3)cc2F)s1.CCCc1ccc(-c2ccc(-c3ccc(CC)cc3)cc2F)s1. The Morgan fingerprint density at radius 2 is 1.02 bits per heavy atom. The van der Waals surface area contributed by atoms with Crippen molar-refractivity contribution in [1.29, 1.82) is 0 Å². The fourth-order valence-electron chi connectivity index (χ4n) is 5.31. The standard InChI is InChI=1S/C21H21FS.C21H19FS/c2*1-3-5-18-11-13-21(23-18)19-12-10-17(14-20(19)22)16-8-6-15(4-2)7-9-16/h6-14H,3-5H2,1-2H3;3,5-14H,4H2,1-2H3/b;5-3+. The molecule has 6 aromatic rings.